The summed E-state index contributed by atoms with van der Waals surface area (Å²) >= 11 is 1.52. The van der Waals surface area contributed by atoms with E-state index < -0.39 is 0 Å². The van der Waals surface area contributed by atoms with E-state index in [1.54, 1.807) is 6.07 Å². The standard InChI is InChI=1S/C16H21N3O2S.ClH/c1-9-5-6-17-8-13(9)19-16(21)11-3-4-14-12(7-11)18-15(20)10(2)22-14;/h3-4,7,9-10,13,17H,5-6,8H2,1-2H3,(H,18,20)(H,19,21);1H. The molecule has 3 rings (SSSR count). The van der Waals surface area contributed by atoms with E-state index in [0.29, 0.717) is 11.5 Å². The second-order valence-electron chi connectivity index (χ2n) is 6.01. The lowest BCUT2D eigenvalue weighted by Gasteiger charge is -2.30. The van der Waals surface area contributed by atoms with Crippen LogP contribution in [0.15, 0.2) is 23.1 Å². The Labute approximate surface area is 146 Å². The Hall–Kier alpha value is -1.24. The molecule has 7 heteroatoms. The second-order valence-corrected chi connectivity index (χ2v) is 7.39. The van der Waals surface area contributed by atoms with Crippen LogP contribution in [0.2, 0.25) is 0 Å². The summed E-state index contributed by atoms with van der Waals surface area (Å²) in [6, 6.07) is 5.66. The number of rotatable bonds is 2. The highest BCUT2D eigenvalue weighted by molar-refractivity contribution is 8.00. The lowest BCUT2D eigenvalue weighted by Crippen LogP contribution is -2.50. The van der Waals surface area contributed by atoms with Gasteiger partial charge in [-0.1, -0.05) is 6.92 Å². The number of halogens is 1. The van der Waals surface area contributed by atoms with Crippen LogP contribution in [0.4, 0.5) is 5.69 Å². The summed E-state index contributed by atoms with van der Waals surface area (Å²) in [4.78, 5) is 25.2. The minimum atomic E-state index is -0.0960. The molecule has 0 aromatic heterocycles. The molecule has 3 atom stereocenters. The molecule has 1 aromatic carbocycles. The summed E-state index contributed by atoms with van der Waals surface area (Å²) in [7, 11) is 0. The SMILES string of the molecule is CC1Sc2ccc(C(=O)NC3CNCCC3C)cc2NC1=O.Cl. The predicted octanol–water partition coefficient (Wildman–Crippen LogP) is 2.27. The zero-order chi connectivity index (χ0) is 15.7. The van der Waals surface area contributed by atoms with Crippen molar-refractivity contribution < 1.29 is 9.59 Å². The number of thioether (sulfide) groups is 1. The number of piperidine rings is 1. The zero-order valence-corrected chi connectivity index (χ0v) is 14.9. The van der Waals surface area contributed by atoms with Gasteiger partial charge in [-0.2, -0.15) is 0 Å². The normalized spacial score (nSPS) is 26.5. The van der Waals surface area contributed by atoms with Crippen molar-refractivity contribution in [2.75, 3.05) is 18.4 Å². The highest BCUT2D eigenvalue weighted by Crippen LogP contribution is 2.35. The number of fused-ring (bicyclic) bond motifs is 1. The van der Waals surface area contributed by atoms with Crippen LogP contribution in [-0.4, -0.2) is 36.2 Å². The third-order valence-corrected chi connectivity index (χ3v) is 5.49. The van der Waals surface area contributed by atoms with Crippen molar-refractivity contribution in [1.82, 2.24) is 10.6 Å². The zero-order valence-electron chi connectivity index (χ0n) is 13.2. The summed E-state index contributed by atoms with van der Waals surface area (Å²) in [5.74, 6) is 0.375. The van der Waals surface area contributed by atoms with Gasteiger partial charge in [0.05, 0.1) is 10.9 Å². The van der Waals surface area contributed by atoms with Crippen LogP contribution >= 0.6 is 24.2 Å². The second kappa shape index (κ2) is 7.55. The van der Waals surface area contributed by atoms with E-state index in [4.69, 9.17) is 0 Å². The molecule has 2 aliphatic heterocycles. The summed E-state index contributed by atoms with van der Waals surface area (Å²) in [5, 5.41) is 9.17. The van der Waals surface area contributed by atoms with E-state index in [1.165, 1.54) is 11.8 Å². The number of carbonyl (C=O) groups is 2. The maximum absolute atomic E-state index is 12.4. The van der Waals surface area contributed by atoms with E-state index >= 15 is 0 Å². The number of benzene rings is 1. The summed E-state index contributed by atoms with van der Waals surface area (Å²) in [5.41, 5.74) is 1.32. The molecule has 1 aromatic rings. The molecule has 2 heterocycles. The number of nitrogens with one attached hydrogen (secondary N) is 3. The monoisotopic (exact) mass is 355 g/mol. The molecule has 1 saturated heterocycles. The van der Waals surface area contributed by atoms with Gasteiger partial charge < -0.3 is 16.0 Å². The molecule has 0 spiro atoms. The molecule has 23 heavy (non-hydrogen) atoms. The van der Waals surface area contributed by atoms with Gasteiger partial charge >= 0.3 is 0 Å². The van der Waals surface area contributed by atoms with Gasteiger partial charge in [0.15, 0.2) is 0 Å². The molecule has 126 valence electrons. The van der Waals surface area contributed by atoms with Crippen molar-refractivity contribution in [3.05, 3.63) is 23.8 Å². The minimum absolute atomic E-state index is 0. The van der Waals surface area contributed by atoms with Gasteiger partial charge in [-0.3, -0.25) is 9.59 Å². The first-order valence-corrected chi connectivity index (χ1v) is 8.55. The third kappa shape index (κ3) is 4.00. The van der Waals surface area contributed by atoms with Crippen LogP contribution in [-0.2, 0) is 4.79 Å². The largest absolute Gasteiger partial charge is 0.348 e. The Morgan fingerprint density at radius 2 is 2.13 bits per heavy atom. The fourth-order valence-corrected chi connectivity index (χ4v) is 3.72. The average Bonchev–Trinajstić information content (AvgIpc) is 2.50. The van der Waals surface area contributed by atoms with Crippen molar-refractivity contribution in [3.63, 3.8) is 0 Å². The highest BCUT2D eigenvalue weighted by atomic mass is 35.5. The van der Waals surface area contributed by atoms with Crippen molar-refractivity contribution in [1.29, 1.82) is 0 Å². The lowest BCUT2D eigenvalue weighted by atomic mass is 9.94. The van der Waals surface area contributed by atoms with Crippen molar-refractivity contribution in [3.8, 4) is 0 Å². The fraction of sp³-hybridized carbons (Fsp3) is 0.500. The van der Waals surface area contributed by atoms with Crippen LogP contribution in [0.5, 0.6) is 0 Å². The topological polar surface area (TPSA) is 70.2 Å². The Kier molecular flexibility index (Phi) is 5.95. The quantitative estimate of drug-likeness (QED) is 0.761. The van der Waals surface area contributed by atoms with Crippen LogP contribution in [0.1, 0.15) is 30.6 Å². The molecular weight excluding hydrogens is 334 g/mol. The fourth-order valence-electron chi connectivity index (χ4n) is 2.78. The Morgan fingerprint density at radius 3 is 2.87 bits per heavy atom. The van der Waals surface area contributed by atoms with Gasteiger partial charge in [0, 0.05) is 23.0 Å². The summed E-state index contributed by atoms with van der Waals surface area (Å²) < 4.78 is 0. The molecule has 1 fully saturated rings. The number of anilines is 1. The van der Waals surface area contributed by atoms with Crippen molar-refractivity contribution in [2.45, 2.75) is 36.5 Å². The first-order valence-electron chi connectivity index (χ1n) is 7.68. The molecule has 0 aliphatic carbocycles. The summed E-state index contributed by atoms with van der Waals surface area (Å²) in [6.45, 7) is 5.85. The molecular formula is C16H22ClN3O2S. The van der Waals surface area contributed by atoms with Gasteiger partial charge in [-0.05, 0) is 44.0 Å². The van der Waals surface area contributed by atoms with Crippen LogP contribution < -0.4 is 16.0 Å². The first-order chi connectivity index (χ1) is 10.5. The van der Waals surface area contributed by atoms with Crippen molar-refractivity contribution >= 4 is 41.7 Å². The highest BCUT2D eigenvalue weighted by Gasteiger charge is 2.26. The Morgan fingerprint density at radius 1 is 1.35 bits per heavy atom. The van der Waals surface area contributed by atoms with E-state index in [-0.39, 0.29) is 35.5 Å². The third-order valence-electron chi connectivity index (χ3n) is 4.32. The smallest absolute Gasteiger partial charge is 0.251 e. The molecule has 5 nitrogen and oxygen atoms in total. The number of hydrogen-bond acceptors (Lipinski definition) is 4. The summed E-state index contributed by atoms with van der Waals surface area (Å²) in [6.07, 6.45) is 1.07. The molecule has 2 amide bonds. The van der Waals surface area contributed by atoms with Crippen molar-refractivity contribution in [2.24, 2.45) is 5.92 Å². The number of amides is 2. The van der Waals surface area contributed by atoms with Crippen LogP contribution in [0, 0.1) is 5.92 Å². The molecule has 3 unspecified atom stereocenters. The first kappa shape index (κ1) is 18.1. The van der Waals surface area contributed by atoms with Crippen LogP contribution in [0.3, 0.4) is 0 Å². The molecule has 3 N–H and O–H groups in total. The maximum Gasteiger partial charge on any atom is 0.251 e. The van der Waals surface area contributed by atoms with Gasteiger partial charge in [0.2, 0.25) is 5.91 Å². The predicted molar refractivity (Wildman–Crippen MR) is 95.5 cm³/mol. The minimum Gasteiger partial charge on any atom is -0.348 e. The molecule has 2 aliphatic rings. The Balaban J connectivity index is 0.00000192. The molecule has 0 saturated carbocycles. The number of hydrogen-bond donors (Lipinski definition) is 3. The van der Waals surface area contributed by atoms with E-state index in [9.17, 15) is 9.59 Å². The van der Waals surface area contributed by atoms with E-state index in [1.807, 2.05) is 19.1 Å². The molecule has 0 bridgehead atoms. The van der Waals surface area contributed by atoms with Gasteiger partial charge in [0.25, 0.3) is 5.91 Å². The van der Waals surface area contributed by atoms with E-state index in [2.05, 4.69) is 22.9 Å². The Bertz CT molecular complexity index is 611. The van der Waals surface area contributed by atoms with Gasteiger partial charge in [-0.15, -0.1) is 24.2 Å². The van der Waals surface area contributed by atoms with Gasteiger partial charge in [-0.25, -0.2) is 0 Å². The van der Waals surface area contributed by atoms with E-state index in [0.717, 1.165) is 30.1 Å². The van der Waals surface area contributed by atoms with Crippen LogP contribution in [0.25, 0.3) is 0 Å². The van der Waals surface area contributed by atoms with Gasteiger partial charge in [0.1, 0.15) is 0 Å². The molecule has 0 radical (unpaired) electrons. The lowest BCUT2D eigenvalue weighted by molar-refractivity contribution is -0.115. The average molecular weight is 356 g/mol. The number of carbonyl (C=O) groups excluding carboxylic acids is 2. The maximum atomic E-state index is 12.4.